The summed E-state index contributed by atoms with van der Waals surface area (Å²) in [6.07, 6.45) is 9.71. The second-order valence-electron chi connectivity index (χ2n) is 3.90. The van der Waals surface area contributed by atoms with Gasteiger partial charge in [0.25, 0.3) is 0 Å². The number of nitrogens with zero attached hydrogens (tertiary/aromatic N) is 2. The minimum Gasteiger partial charge on any atom is -0.513 e. The molecule has 0 aliphatic carbocycles. The van der Waals surface area contributed by atoms with Gasteiger partial charge in [-0.15, -0.1) is 11.8 Å². The summed E-state index contributed by atoms with van der Waals surface area (Å²) in [4.78, 5) is 8.99. The summed E-state index contributed by atoms with van der Waals surface area (Å²) in [5, 5.41) is 9.88. The Morgan fingerprint density at radius 1 is 1.00 bits per heavy atom. The largest absolute Gasteiger partial charge is 0.513 e. The lowest BCUT2D eigenvalue weighted by Crippen LogP contribution is -2.31. The number of aliphatic hydroxyl groups excluding tert-OH is 1. The van der Waals surface area contributed by atoms with E-state index in [1.54, 1.807) is 17.8 Å². The molecule has 0 unspecified atom stereocenters. The maximum absolute atomic E-state index is 8.83. The first kappa shape index (κ1) is 29.5. The van der Waals surface area contributed by atoms with Gasteiger partial charge in [-0.3, -0.25) is 0 Å². The number of allylic oxidation sites excluding steroid dienone is 2. The van der Waals surface area contributed by atoms with Crippen LogP contribution in [0.3, 0.4) is 0 Å². The third kappa shape index (κ3) is 14.5. The monoisotopic (exact) mass is 392 g/mol. The molecule has 0 saturated heterocycles. The van der Waals surface area contributed by atoms with Crippen LogP contribution in [-0.4, -0.2) is 28.4 Å². The quantitative estimate of drug-likeness (QED) is 0.673. The van der Waals surface area contributed by atoms with Gasteiger partial charge in [0.2, 0.25) is 0 Å². The average molecular weight is 393 g/mol. The number of aromatic nitrogens is 2. The van der Waals surface area contributed by atoms with Crippen LogP contribution in [0, 0.1) is 0 Å². The molecule has 0 aliphatic rings. The number of anilines is 1. The average Bonchev–Trinajstić information content (AvgIpc) is 2.78. The van der Waals surface area contributed by atoms with E-state index in [0.29, 0.717) is 16.4 Å². The first-order valence-electron chi connectivity index (χ1n) is 8.93. The molecule has 27 heavy (non-hydrogen) atoms. The predicted molar refractivity (Wildman–Crippen MR) is 123 cm³/mol. The van der Waals surface area contributed by atoms with E-state index in [-0.39, 0.29) is 0 Å². The third-order valence-corrected chi connectivity index (χ3v) is 3.25. The van der Waals surface area contributed by atoms with Crippen LogP contribution >= 0.6 is 11.8 Å². The molecule has 152 valence electrons. The van der Waals surface area contributed by atoms with Crippen LogP contribution < -0.4 is 22.0 Å². The summed E-state index contributed by atoms with van der Waals surface area (Å²) in [7, 11) is 1.50. The fourth-order valence-electron chi connectivity index (χ4n) is 1.45. The zero-order valence-electron chi connectivity index (χ0n) is 17.7. The van der Waals surface area contributed by atoms with Crippen LogP contribution in [0.4, 0.5) is 5.82 Å². The standard InChI is InChI=1S/C9H11N3O.C7H8S.2C2H6.CH5N/c1-2-3-4-7-8(5-13)11-6-12-9(7)10;1-8-7-5-3-2-4-6-7;3*1-2/h2-6,13H,1H3,(H2,10,11,12);2-6H,1H3;2*1-2H3;2H2,1H3/b3-2-,7-4+,8-5-;;;;. The van der Waals surface area contributed by atoms with E-state index in [0.717, 1.165) is 6.26 Å². The summed E-state index contributed by atoms with van der Waals surface area (Å²) in [6.45, 7) is 9.89. The van der Waals surface area contributed by atoms with Crippen molar-refractivity contribution in [2.45, 2.75) is 39.5 Å². The zero-order valence-corrected chi connectivity index (χ0v) is 18.5. The van der Waals surface area contributed by atoms with Gasteiger partial charge in [-0.05, 0) is 38.4 Å². The van der Waals surface area contributed by atoms with Crippen LogP contribution in [0.2, 0.25) is 0 Å². The summed E-state index contributed by atoms with van der Waals surface area (Å²) in [5.74, 6) is 0.355. The fourth-order valence-corrected chi connectivity index (χ4v) is 1.88. The van der Waals surface area contributed by atoms with Gasteiger partial charge in [0.1, 0.15) is 23.8 Å². The highest BCUT2D eigenvalue weighted by Gasteiger charge is 1.91. The van der Waals surface area contributed by atoms with Gasteiger partial charge in [-0.25, -0.2) is 9.97 Å². The molecule has 1 aromatic heterocycles. The van der Waals surface area contributed by atoms with Crippen LogP contribution in [0.15, 0.2) is 53.7 Å². The van der Waals surface area contributed by atoms with Crippen LogP contribution in [-0.2, 0) is 0 Å². The lowest BCUT2D eigenvalue weighted by Gasteiger charge is -1.92. The molecule has 0 atom stereocenters. The van der Waals surface area contributed by atoms with Gasteiger partial charge in [0, 0.05) is 10.1 Å². The summed E-state index contributed by atoms with van der Waals surface area (Å²) in [5.41, 5.74) is 10.1. The van der Waals surface area contributed by atoms with Crippen molar-refractivity contribution in [3.8, 4) is 0 Å². The Morgan fingerprint density at radius 2 is 1.56 bits per heavy atom. The fraction of sp³-hybridized carbons (Fsp3) is 0.333. The van der Waals surface area contributed by atoms with Crippen molar-refractivity contribution in [1.29, 1.82) is 0 Å². The van der Waals surface area contributed by atoms with Gasteiger partial charge in [0.15, 0.2) is 0 Å². The van der Waals surface area contributed by atoms with E-state index in [9.17, 15) is 0 Å². The maximum atomic E-state index is 8.83. The highest BCUT2D eigenvalue weighted by Crippen LogP contribution is 2.11. The van der Waals surface area contributed by atoms with Crippen molar-refractivity contribution in [2.75, 3.05) is 19.0 Å². The molecule has 5 nitrogen and oxygen atoms in total. The molecule has 0 saturated carbocycles. The van der Waals surface area contributed by atoms with Crippen molar-refractivity contribution < 1.29 is 5.11 Å². The number of nitrogen functional groups attached to an aromatic ring is 1. The zero-order chi connectivity index (χ0) is 21.5. The molecule has 2 aromatic rings. The molecule has 6 heteroatoms. The first-order chi connectivity index (χ1) is 13.2. The smallest absolute Gasteiger partial charge is 0.134 e. The SMILES string of the molecule is CC.CC.CN.CSc1ccccc1.C\C=C/C=c1/c(N)ncn/c1=C\O. The molecule has 0 fully saturated rings. The minimum atomic E-state index is 0.355. The van der Waals surface area contributed by atoms with E-state index >= 15 is 0 Å². The molecule has 0 radical (unpaired) electrons. The van der Waals surface area contributed by atoms with Gasteiger partial charge >= 0.3 is 0 Å². The lowest BCUT2D eigenvalue weighted by atomic mass is 10.3. The van der Waals surface area contributed by atoms with Crippen molar-refractivity contribution in [1.82, 2.24) is 9.97 Å². The highest BCUT2D eigenvalue weighted by molar-refractivity contribution is 7.98. The first-order valence-corrected chi connectivity index (χ1v) is 10.2. The number of hydrogen-bond donors (Lipinski definition) is 3. The van der Waals surface area contributed by atoms with Crippen LogP contribution in [0.1, 0.15) is 34.6 Å². The maximum Gasteiger partial charge on any atom is 0.134 e. The lowest BCUT2D eigenvalue weighted by molar-refractivity contribution is 0.537. The van der Waals surface area contributed by atoms with E-state index in [1.807, 2.05) is 65.0 Å². The Kier molecular flexibility index (Phi) is 25.8. The molecule has 2 rings (SSSR count). The van der Waals surface area contributed by atoms with E-state index < -0.39 is 0 Å². The second kappa shape index (κ2) is 23.7. The molecular weight excluding hydrogens is 356 g/mol. The van der Waals surface area contributed by atoms with E-state index in [2.05, 4.69) is 34.1 Å². The molecule has 1 heterocycles. The number of thioether (sulfide) groups is 1. The molecule has 0 spiro atoms. The Bertz CT molecular complexity index is 689. The number of rotatable bonds is 2. The van der Waals surface area contributed by atoms with E-state index in [4.69, 9.17) is 10.8 Å². The molecular formula is C21H36N4OS. The van der Waals surface area contributed by atoms with Gasteiger partial charge in [-0.2, -0.15) is 0 Å². The van der Waals surface area contributed by atoms with Crippen LogP contribution in [0.25, 0.3) is 12.3 Å². The topological polar surface area (TPSA) is 98.1 Å². The van der Waals surface area contributed by atoms with Gasteiger partial charge < -0.3 is 16.6 Å². The molecule has 0 bridgehead atoms. The second-order valence-corrected chi connectivity index (χ2v) is 4.78. The Hall–Kier alpha value is -2.31. The third-order valence-electron chi connectivity index (χ3n) is 2.50. The number of hydrogen-bond acceptors (Lipinski definition) is 6. The summed E-state index contributed by atoms with van der Waals surface area (Å²) >= 11 is 1.77. The van der Waals surface area contributed by atoms with Gasteiger partial charge in [0.05, 0.1) is 0 Å². The number of nitrogens with two attached hydrogens (primary N) is 2. The molecule has 0 amide bonds. The molecule has 1 aromatic carbocycles. The number of aliphatic hydroxyl groups is 1. The highest BCUT2D eigenvalue weighted by atomic mass is 32.2. The molecule has 0 aliphatic heterocycles. The van der Waals surface area contributed by atoms with Crippen LogP contribution in [0.5, 0.6) is 0 Å². The Labute approximate surface area is 168 Å². The van der Waals surface area contributed by atoms with Crippen molar-refractivity contribution in [3.63, 3.8) is 0 Å². The summed E-state index contributed by atoms with van der Waals surface area (Å²) < 4.78 is 0. The minimum absolute atomic E-state index is 0.355. The van der Waals surface area contributed by atoms with Crippen molar-refractivity contribution >= 4 is 29.9 Å². The van der Waals surface area contributed by atoms with Crippen molar-refractivity contribution in [3.05, 3.63) is 59.4 Å². The summed E-state index contributed by atoms with van der Waals surface area (Å²) in [6, 6.07) is 10.3. The molecule has 5 N–H and O–H groups in total. The van der Waals surface area contributed by atoms with E-state index in [1.165, 1.54) is 18.3 Å². The normalized spacial score (nSPS) is 10.2. The Morgan fingerprint density at radius 3 is 1.96 bits per heavy atom. The van der Waals surface area contributed by atoms with Gasteiger partial charge in [-0.1, -0.05) is 58.0 Å². The number of benzene rings is 1. The van der Waals surface area contributed by atoms with Crippen molar-refractivity contribution in [2.24, 2.45) is 5.73 Å². The predicted octanol–water partition coefficient (Wildman–Crippen LogP) is 3.75. The Balaban J connectivity index is -0.000000353.